The molecule has 2 aromatic carbocycles. The summed E-state index contributed by atoms with van der Waals surface area (Å²) in [5, 5.41) is 2.61. The van der Waals surface area contributed by atoms with Crippen molar-refractivity contribution in [2.75, 3.05) is 18.7 Å². The first kappa shape index (κ1) is 19.2. The fourth-order valence-electron chi connectivity index (χ4n) is 3.15. The van der Waals surface area contributed by atoms with Crippen molar-refractivity contribution in [1.82, 2.24) is 15.4 Å². The molecule has 6 nitrogen and oxygen atoms in total. The van der Waals surface area contributed by atoms with Crippen LogP contribution in [0.25, 0.3) is 0 Å². The molecule has 0 radical (unpaired) electrons. The highest BCUT2D eigenvalue weighted by atomic mass is 35.5. The highest BCUT2D eigenvalue weighted by Crippen LogP contribution is 2.29. The van der Waals surface area contributed by atoms with Gasteiger partial charge in [0.1, 0.15) is 18.1 Å². The smallest absolute Gasteiger partial charge is 0.123 e. The summed E-state index contributed by atoms with van der Waals surface area (Å²) in [6.07, 6.45) is 7.86. The summed E-state index contributed by atoms with van der Waals surface area (Å²) in [5.41, 5.74) is 6.36. The van der Waals surface area contributed by atoms with Gasteiger partial charge < -0.3 is 9.47 Å². The highest BCUT2D eigenvalue weighted by Gasteiger charge is 2.27. The molecule has 1 unspecified atom stereocenters. The summed E-state index contributed by atoms with van der Waals surface area (Å²) in [6, 6.07) is 15.3. The number of benzene rings is 2. The van der Waals surface area contributed by atoms with Crippen LogP contribution in [-0.4, -0.2) is 29.7 Å². The van der Waals surface area contributed by atoms with E-state index in [1.54, 1.807) is 25.7 Å². The number of nitrogens with one attached hydrogen (secondary N) is 1. The molecule has 29 heavy (non-hydrogen) atoms. The number of rotatable bonds is 7. The second-order valence-electron chi connectivity index (χ2n) is 6.58. The van der Waals surface area contributed by atoms with Crippen molar-refractivity contribution in [3.05, 3.63) is 89.6 Å². The van der Waals surface area contributed by atoms with Crippen molar-refractivity contribution in [2.24, 2.45) is 0 Å². The minimum absolute atomic E-state index is 0.00794. The lowest BCUT2D eigenvalue weighted by Crippen LogP contribution is -2.38. The molecule has 0 aliphatic carbocycles. The van der Waals surface area contributed by atoms with E-state index in [2.05, 4.69) is 15.4 Å². The largest absolute Gasteiger partial charge is 0.497 e. The van der Waals surface area contributed by atoms with E-state index < -0.39 is 0 Å². The van der Waals surface area contributed by atoms with E-state index in [0.29, 0.717) is 18.1 Å². The number of nitrogens with zero attached hydrogens (tertiary/aromatic N) is 3. The predicted octanol–water partition coefficient (Wildman–Crippen LogP) is 4.04. The molecular formula is C22H21ClN4O2. The van der Waals surface area contributed by atoms with Gasteiger partial charge in [0, 0.05) is 42.9 Å². The van der Waals surface area contributed by atoms with Gasteiger partial charge in [-0.3, -0.25) is 15.0 Å². The Balaban J connectivity index is 1.54. The lowest BCUT2D eigenvalue weighted by atomic mass is 10.1. The number of hydrazine groups is 1. The molecule has 148 valence electrons. The van der Waals surface area contributed by atoms with Gasteiger partial charge in [-0.15, -0.1) is 0 Å². The molecule has 1 aliphatic heterocycles. The van der Waals surface area contributed by atoms with Crippen LogP contribution >= 0.6 is 11.6 Å². The van der Waals surface area contributed by atoms with Gasteiger partial charge in [-0.2, -0.15) is 0 Å². The van der Waals surface area contributed by atoms with E-state index in [1.165, 1.54) is 0 Å². The minimum atomic E-state index is 0.00794. The number of methoxy groups -OCH3 is 1. The summed E-state index contributed by atoms with van der Waals surface area (Å²) >= 11 is 6.39. The molecule has 0 saturated heterocycles. The molecule has 1 aromatic heterocycles. The van der Waals surface area contributed by atoms with Crippen LogP contribution in [0, 0.1) is 0 Å². The molecule has 2 heterocycles. The van der Waals surface area contributed by atoms with Crippen molar-refractivity contribution in [1.29, 1.82) is 0 Å². The fourth-order valence-corrected chi connectivity index (χ4v) is 3.37. The molecule has 0 amide bonds. The highest BCUT2D eigenvalue weighted by molar-refractivity contribution is 6.33. The van der Waals surface area contributed by atoms with E-state index >= 15 is 0 Å². The summed E-state index contributed by atoms with van der Waals surface area (Å²) < 4.78 is 11.3. The maximum absolute atomic E-state index is 6.39. The molecule has 1 aliphatic rings. The molecule has 0 fully saturated rings. The Kier molecular flexibility index (Phi) is 5.93. The monoisotopic (exact) mass is 408 g/mol. The number of aromatic nitrogens is 2. The minimum Gasteiger partial charge on any atom is -0.497 e. The molecule has 4 rings (SSSR count). The van der Waals surface area contributed by atoms with Crippen LogP contribution in [0.3, 0.4) is 0 Å². The zero-order valence-electron chi connectivity index (χ0n) is 16.0. The second kappa shape index (κ2) is 8.94. The maximum atomic E-state index is 6.39. The summed E-state index contributed by atoms with van der Waals surface area (Å²) in [4.78, 5) is 8.57. The molecular weight excluding hydrogens is 388 g/mol. The number of halogens is 1. The van der Waals surface area contributed by atoms with Crippen LogP contribution in [-0.2, 0) is 6.42 Å². The van der Waals surface area contributed by atoms with Crippen molar-refractivity contribution in [2.45, 2.75) is 12.5 Å². The van der Waals surface area contributed by atoms with E-state index in [0.717, 1.165) is 28.5 Å². The normalized spacial score (nSPS) is 15.9. The third kappa shape index (κ3) is 4.67. The first-order valence-electron chi connectivity index (χ1n) is 9.25. The van der Waals surface area contributed by atoms with Crippen LogP contribution in [0.15, 0.2) is 78.9 Å². The predicted molar refractivity (Wildman–Crippen MR) is 113 cm³/mol. The van der Waals surface area contributed by atoms with E-state index in [-0.39, 0.29) is 6.04 Å². The lowest BCUT2D eigenvalue weighted by molar-refractivity contribution is 0.337. The number of hydrogen-bond donors (Lipinski definition) is 1. The first-order valence-corrected chi connectivity index (χ1v) is 9.63. The van der Waals surface area contributed by atoms with Gasteiger partial charge in [0.15, 0.2) is 0 Å². The SMILES string of the molecule is COc1cccc(OCC2=CN(c3ccccc3Cl)NC2Cc2cnccn2)c1. The standard InChI is InChI=1S/C22H21ClN4O2/c1-28-18-5-4-6-19(12-18)29-15-16-14-27(22-8-3-2-7-20(22)23)26-21(16)11-17-13-24-9-10-25-17/h2-10,12-14,21,26H,11,15H2,1H3. The maximum Gasteiger partial charge on any atom is 0.123 e. The molecule has 0 spiro atoms. The molecule has 1 atom stereocenters. The second-order valence-corrected chi connectivity index (χ2v) is 6.98. The van der Waals surface area contributed by atoms with Crippen molar-refractivity contribution >= 4 is 17.3 Å². The Hall–Kier alpha value is -3.09. The zero-order chi connectivity index (χ0) is 20.1. The van der Waals surface area contributed by atoms with Gasteiger partial charge in [-0.05, 0) is 24.3 Å². The average Bonchev–Trinajstić information content (AvgIpc) is 3.16. The van der Waals surface area contributed by atoms with Gasteiger partial charge >= 0.3 is 0 Å². The van der Waals surface area contributed by atoms with Crippen LogP contribution in [0.1, 0.15) is 5.69 Å². The van der Waals surface area contributed by atoms with Crippen LogP contribution in [0.2, 0.25) is 5.02 Å². The number of para-hydroxylation sites is 1. The molecule has 7 heteroatoms. The fraction of sp³-hybridized carbons (Fsp3) is 0.182. The van der Waals surface area contributed by atoms with Crippen LogP contribution in [0.5, 0.6) is 11.5 Å². The topological polar surface area (TPSA) is 59.5 Å². The van der Waals surface area contributed by atoms with Crippen LogP contribution < -0.4 is 19.9 Å². The lowest BCUT2D eigenvalue weighted by Gasteiger charge is -2.21. The Morgan fingerprint density at radius 1 is 1.10 bits per heavy atom. The molecule has 0 saturated carbocycles. The molecule has 1 N–H and O–H groups in total. The third-order valence-corrected chi connectivity index (χ3v) is 4.95. The van der Waals surface area contributed by atoms with Gasteiger partial charge in [-0.1, -0.05) is 29.8 Å². The summed E-state index contributed by atoms with van der Waals surface area (Å²) in [6.45, 7) is 0.423. The first-order chi connectivity index (χ1) is 14.2. The number of hydrogen-bond acceptors (Lipinski definition) is 6. The zero-order valence-corrected chi connectivity index (χ0v) is 16.7. The van der Waals surface area contributed by atoms with Gasteiger partial charge in [0.25, 0.3) is 0 Å². The van der Waals surface area contributed by atoms with Crippen molar-refractivity contribution in [3.63, 3.8) is 0 Å². The van der Waals surface area contributed by atoms with E-state index in [1.807, 2.05) is 59.7 Å². The Morgan fingerprint density at radius 3 is 2.76 bits per heavy atom. The van der Waals surface area contributed by atoms with Crippen molar-refractivity contribution in [3.8, 4) is 11.5 Å². The Morgan fingerprint density at radius 2 is 1.97 bits per heavy atom. The molecule has 0 bridgehead atoms. The van der Waals surface area contributed by atoms with Crippen molar-refractivity contribution < 1.29 is 9.47 Å². The van der Waals surface area contributed by atoms with Gasteiger partial charge in [-0.25, -0.2) is 5.43 Å². The molecule has 3 aromatic rings. The van der Waals surface area contributed by atoms with Gasteiger partial charge in [0.05, 0.1) is 29.6 Å². The van der Waals surface area contributed by atoms with E-state index in [9.17, 15) is 0 Å². The number of anilines is 1. The van der Waals surface area contributed by atoms with Gasteiger partial charge in [0.2, 0.25) is 0 Å². The Bertz CT molecular complexity index is 997. The Labute approximate surface area is 174 Å². The number of ether oxygens (including phenoxy) is 2. The van der Waals surface area contributed by atoms with E-state index in [4.69, 9.17) is 21.1 Å². The summed E-state index contributed by atoms with van der Waals surface area (Å²) in [5.74, 6) is 1.51. The summed E-state index contributed by atoms with van der Waals surface area (Å²) in [7, 11) is 1.64. The average molecular weight is 409 g/mol. The van der Waals surface area contributed by atoms with Crippen LogP contribution in [0.4, 0.5) is 5.69 Å². The quantitative estimate of drug-likeness (QED) is 0.636. The third-order valence-electron chi connectivity index (χ3n) is 4.63.